The minimum atomic E-state index is -0.566. The number of anilines is 1. The molecular weight excluding hydrogens is 358 g/mol. The average Bonchev–Trinajstić information content (AvgIpc) is 3.10. The number of aryl methyl sites for hydroxylation is 1. The molecule has 6 nitrogen and oxygen atoms in total. The maximum atomic E-state index is 13.2. The fraction of sp³-hybridized carbons (Fsp3) is 0.133. The molecule has 9 heteroatoms. The molecule has 24 heavy (non-hydrogen) atoms. The number of aromatic nitrogens is 3. The van der Waals surface area contributed by atoms with E-state index in [1.165, 1.54) is 24.4 Å². The smallest absolute Gasteiger partial charge is 0.278 e. The number of nitrogens with zero attached hydrogens (tertiary/aromatic N) is 3. The van der Waals surface area contributed by atoms with Gasteiger partial charge in [-0.25, -0.2) is 4.39 Å². The highest BCUT2D eigenvalue weighted by molar-refractivity contribution is 6.31. The van der Waals surface area contributed by atoms with Gasteiger partial charge in [-0.3, -0.25) is 9.48 Å². The summed E-state index contributed by atoms with van der Waals surface area (Å²) in [6, 6.07) is 3.88. The summed E-state index contributed by atoms with van der Waals surface area (Å²) >= 11 is 11.5. The van der Waals surface area contributed by atoms with Gasteiger partial charge in [0.15, 0.2) is 5.69 Å². The normalized spacial score (nSPS) is 10.8. The Morgan fingerprint density at radius 1 is 1.42 bits per heavy atom. The average molecular weight is 369 g/mol. The molecule has 0 fully saturated rings. The van der Waals surface area contributed by atoms with E-state index in [2.05, 4.69) is 15.6 Å². The molecule has 3 rings (SSSR count). The van der Waals surface area contributed by atoms with Gasteiger partial charge in [-0.1, -0.05) is 28.4 Å². The van der Waals surface area contributed by atoms with Gasteiger partial charge in [-0.15, -0.1) is 0 Å². The lowest BCUT2D eigenvalue weighted by atomic mass is 10.2. The second kappa shape index (κ2) is 6.62. The number of carbonyl (C=O) groups is 1. The lowest BCUT2D eigenvalue weighted by Crippen LogP contribution is -2.16. The number of hydrogen-bond donors (Lipinski definition) is 1. The molecule has 1 aromatic carbocycles. The summed E-state index contributed by atoms with van der Waals surface area (Å²) in [6.45, 7) is 1.97. The third-order valence-corrected chi connectivity index (χ3v) is 3.78. The summed E-state index contributed by atoms with van der Waals surface area (Å²) in [7, 11) is 0. The Morgan fingerprint density at radius 3 is 2.88 bits per heavy atom. The first-order valence-corrected chi connectivity index (χ1v) is 7.59. The van der Waals surface area contributed by atoms with E-state index in [1.54, 1.807) is 17.8 Å². The number of hydrogen-bond acceptors (Lipinski definition) is 4. The lowest BCUT2D eigenvalue weighted by Gasteiger charge is -2.06. The van der Waals surface area contributed by atoms with Crippen molar-refractivity contribution in [1.82, 2.24) is 14.9 Å². The zero-order valence-electron chi connectivity index (χ0n) is 12.4. The standard InChI is InChI=1S/C15H11Cl2FN4O2/c1-8-11(7-22-6-9(16)5-19-22)14(21-24-8)15(23)20-10-2-3-13(18)12(17)4-10/h2-6H,7H2,1H3,(H,20,23). The minimum absolute atomic E-state index is 0.0875. The Hall–Kier alpha value is -2.38. The van der Waals surface area contributed by atoms with E-state index in [1.807, 2.05) is 0 Å². The number of halogens is 3. The van der Waals surface area contributed by atoms with Crippen molar-refractivity contribution >= 4 is 34.8 Å². The summed E-state index contributed by atoms with van der Waals surface area (Å²) in [6.07, 6.45) is 3.11. The van der Waals surface area contributed by atoms with Gasteiger partial charge in [0.1, 0.15) is 11.6 Å². The maximum absolute atomic E-state index is 13.2. The number of amides is 1. The molecule has 0 aliphatic rings. The topological polar surface area (TPSA) is 73.0 Å². The summed E-state index contributed by atoms with van der Waals surface area (Å²) < 4.78 is 19.8. The SMILES string of the molecule is Cc1onc(C(=O)Nc2ccc(F)c(Cl)c2)c1Cn1cc(Cl)cn1. The molecule has 0 atom stereocenters. The molecule has 124 valence electrons. The van der Waals surface area contributed by atoms with Crippen molar-refractivity contribution in [3.8, 4) is 0 Å². The number of rotatable bonds is 4. The van der Waals surface area contributed by atoms with Crippen LogP contribution in [-0.4, -0.2) is 20.8 Å². The molecule has 0 saturated heterocycles. The van der Waals surface area contributed by atoms with Gasteiger partial charge >= 0.3 is 0 Å². The molecule has 0 radical (unpaired) electrons. The van der Waals surface area contributed by atoms with Gasteiger partial charge in [-0.2, -0.15) is 5.10 Å². The Kier molecular flexibility index (Phi) is 4.55. The predicted molar refractivity (Wildman–Crippen MR) is 86.9 cm³/mol. The lowest BCUT2D eigenvalue weighted by molar-refractivity contribution is 0.101. The van der Waals surface area contributed by atoms with Crippen LogP contribution in [0.2, 0.25) is 10.0 Å². The van der Waals surface area contributed by atoms with Crippen molar-refractivity contribution in [2.24, 2.45) is 0 Å². The molecule has 0 saturated carbocycles. The van der Waals surface area contributed by atoms with Crippen LogP contribution >= 0.6 is 23.2 Å². The number of carbonyl (C=O) groups excluding carboxylic acids is 1. The van der Waals surface area contributed by atoms with Gasteiger partial charge in [0.05, 0.1) is 22.8 Å². The minimum Gasteiger partial charge on any atom is -0.361 e. The molecular formula is C15H11Cl2FN4O2. The van der Waals surface area contributed by atoms with Crippen LogP contribution in [-0.2, 0) is 6.54 Å². The van der Waals surface area contributed by atoms with Crippen LogP contribution < -0.4 is 5.32 Å². The Morgan fingerprint density at radius 2 is 2.21 bits per heavy atom. The van der Waals surface area contributed by atoms with E-state index in [0.717, 1.165) is 0 Å². The third-order valence-electron chi connectivity index (χ3n) is 3.30. The summed E-state index contributed by atoms with van der Waals surface area (Å²) in [5.74, 6) is -0.574. The first-order valence-electron chi connectivity index (χ1n) is 6.83. The van der Waals surface area contributed by atoms with E-state index >= 15 is 0 Å². The molecule has 0 spiro atoms. The van der Waals surface area contributed by atoms with Gasteiger partial charge in [0.25, 0.3) is 5.91 Å². The Labute approximate surface area is 146 Å². The second-order valence-corrected chi connectivity index (χ2v) is 5.85. The van der Waals surface area contributed by atoms with Crippen LogP contribution in [0.1, 0.15) is 21.8 Å². The van der Waals surface area contributed by atoms with Crippen LogP contribution in [0.3, 0.4) is 0 Å². The summed E-state index contributed by atoms with van der Waals surface area (Å²) in [5, 5.41) is 10.8. The van der Waals surface area contributed by atoms with Crippen molar-refractivity contribution in [2.45, 2.75) is 13.5 Å². The van der Waals surface area contributed by atoms with Gasteiger partial charge in [0.2, 0.25) is 0 Å². The Balaban J connectivity index is 1.83. The highest BCUT2D eigenvalue weighted by Gasteiger charge is 2.21. The summed E-state index contributed by atoms with van der Waals surface area (Å²) in [4.78, 5) is 12.4. The quantitative estimate of drug-likeness (QED) is 0.757. The molecule has 0 bridgehead atoms. The maximum Gasteiger partial charge on any atom is 0.278 e. The Bertz CT molecular complexity index is 907. The van der Waals surface area contributed by atoms with Crippen molar-refractivity contribution in [3.05, 3.63) is 63.5 Å². The molecule has 0 aliphatic carbocycles. The monoisotopic (exact) mass is 368 g/mol. The fourth-order valence-corrected chi connectivity index (χ4v) is 2.44. The number of benzene rings is 1. The summed E-state index contributed by atoms with van der Waals surface area (Å²) in [5.41, 5.74) is 1.03. The van der Waals surface area contributed by atoms with Crippen LogP contribution in [0.25, 0.3) is 0 Å². The number of nitrogens with one attached hydrogen (secondary N) is 1. The van der Waals surface area contributed by atoms with Gasteiger partial charge in [-0.05, 0) is 25.1 Å². The van der Waals surface area contributed by atoms with Crippen molar-refractivity contribution in [3.63, 3.8) is 0 Å². The zero-order chi connectivity index (χ0) is 17.3. The third kappa shape index (κ3) is 3.42. The van der Waals surface area contributed by atoms with E-state index < -0.39 is 11.7 Å². The van der Waals surface area contributed by atoms with E-state index in [-0.39, 0.29) is 17.3 Å². The van der Waals surface area contributed by atoms with Crippen molar-refractivity contribution < 1.29 is 13.7 Å². The van der Waals surface area contributed by atoms with Crippen LogP contribution in [0.5, 0.6) is 0 Å². The van der Waals surface area contributed by atoms with E-state index in [4.69, 9.17) is 27.7 Å². The van der Waals surface area contributed by atoms with Gasteiger partial charge < -0.3 is 9.84 Å². The molecule has 2 heterocycles. The second-order valence-electron chi connectivity index (χ2n) is 5.01. The fourth-order valence-electron chi connectivity index (χ4n) is 2.11. The first kappa shape index (κ1) is 16.5. The van der Waals surface area contributed by atoms with Crippen LogP contribution in [0.4, 0.5) is 10.1 Å². The highest BCUT2D eigenvalue weighted by Crippen LogP contribution is 2.21. The van der Waals surface area contributed by atoms with Crippen LogP contribution in [0, 0.1) is 12.7 Å². The molecule has 2 aromatic heterocycles. The molecule has 1 amide bonds. The van der Waals surface area contributed by atoms with Crippen LogP contribution in [0.15, 0.2) is 35.1 Å². The molecule has 1 N–H and O–H groups in total. The molecule has 0 aliphatic heterocycles. The van der Waals surface area contributed by atoms with Crippen molar-refractivity contribution in [1.29, 1.82) is 0 Å². The zero-order valence-corrected chi connectivity index (χ0v) is 13.9. The molecule has 0 unspecified atom stereocenters. The molecule has 3 aromatic rings. The van der Waals surface area contributed by atoms with E-state index in [0.29, 0.717) is 22.0 Å². The van der Waals surface area contributed by atoms with E-state index in [9.17, 15) is 9.18 Å². The van der Waals surface area contributed by atoms with Gasteiger partial charge in [0, 0.05) is 17.4 Å². The highest BCUT2D eigenvalue weighted by atomic mass is 35.5. The first-order chi connectivity index (χ1) is 11.4. The predicted octanol–water partition coefficient (Wildman–Crippen LogP) is 3.93. The van der Waals surface area contributed by atoms with Crippen molar-refractivity contribution in [2.75, 3.05) is 5.32 Å². The largest absolute Gasteiger partial charge is 0.361 e.